The molecular formula is C25H19BrCl2N2O4. The minimum absolute atomic E-state index is 0.180. The molecule has 0 bridgehead atoms. The van der Waals surface area contributed by atoms with Crippen molar-refractivity contribution in [3.63, 3.8) is 0 Å². The molecule has 3 aromatic carbocycles. The highest BCUT2D eigenvalue weighted by Gasteiger charge is 2.33. The average Bonchev–Trinajstić information content (AvgIpc) is 3.08. The highest BCUT2D eigenvalue weighted by Crippen LogP contribution is 2.38. The molecule has 3 amide bonds. The number of urea groups is 1. The maximum atomic E-state index is 12.8. The van der Waals surface area contributed by atoms with Crippen LogP contribution in [0, 0.1) is 0 Å². The van der Waals surface area contributed by atoms with Gasteiger partial charge in [0.2, 0.25) is 0 Å². The molecule has 34 heavy (non-hydrogen) atoms. The second kappa shape index (κ2) is 10.5. The van der Waals surface area contributed by atoms with Crippen molar-refractivity contribution >= 4 is 57.1 Å². The van der Waals surface area contributed by atoms with Gasteiger partial charge in [0.25, 0.3) is 5.91 Å². The van der Waals surface area contributed by atoms with Crippen LogP contribution >= 0.6 is 39.1 Å². The van der Waals surface area contributed by atoms with E-state index in [1.165, 1.54) is 12.0 Å². The lowest BCUT2D eigenvalue weighted by Crippen LogP contribution is -2.30. The molecule has 0 saturated carbocycles. The SMILES string of the molecule is COc1cc(/C=C2/NC(=O)N(Cc3ccccc3)C2=O)cc(Br)c1OCc1ccc(Cl)c(Cl)c1. The summed E-state index contributed by atoms with van der Waals surface area (Å²) in [7, 11) is 1.52. The molecule has 0 aromatic heterocycles. The van der Waals surface area contributed by atoms with Gasteiger partial charge in [-0.2, -0.15) is 0 Å². The summed E-state index contributed by atoms with van der Waals surface area (Å²) in [5.74, 6) is 0.547. The Morgan fingerprint density at radius 1 is 1.00 bits per heavy atom. The van der Waals surface area contributed by atoms with E-state index in [0.29, 0.717) is 31.6 Å². The summed E-state index contributed by atoms with van der Waals surface area (Å²) in [5, 5.41) is 3.55. The molecule has 1 heterocycles. The number of nitrogens with one attached hydrogen (secondary N) is 1. The number of benzene rings is 3. The fourth-order valence-electron chi connectivity index (χ4n) is 3.40. The zero-order chi connectivity index (χ0) is 24.2. The summed E-state index contributed by atoms with van der Waals surface area (Å²) < 4.78 is 12.1. The van der Waals surface area contributed by atoms with Crippen LogP contribution in [-0.2, 0) is 17.9 Å². The highest BCUT2D eigenvalue weighted by atomic mass is 79.9. The van der Waals surface area contributed by atoms with Gasteiger partial charge >= 0.3 is 6.03 Å². The standard InChI is InChI=1S/C25H19BrCl2N2O4/c1-33-22-12-17(9-18(26)23(22)34-14-16-7-8-19(27)20(28)10-16)11-21-24(31)30(25(32)29-21)13-15-5-3-2-4-6-15/h2-12H,13-14H2,1H3,(H,29,32)/b21-11+. The maximum Gasteiger partial charge on any atom is 0.329 e. The molecule has 0 spiro atoms. The smallest absolute Gasteiger partial charge is 0.329 e. The Kier molecular flexibility index (Phi) is 7.46. The van der Waals surface area contributed by atoms with E-state index in [4.69, 9.17) is 32.7 Å². The van der Waals surface area contributed by atoms with Crippen LogP contribution in [0.5, 0.6) is 11.5 Å². The van der Waals surface area contributed by atoms with E-state index in [0.717, 1.165) is 11.1 Å². The number of halogens is 3. The molecule has 0 radical (unpaired) electrons. The third-order valence-corrected chi connectivity index (χ3v) is 6.40. The molecule has 0 aliphatic carbocycles. The maximum absolute atomic E-state index is 12.8. The van der Waals surface area contributed by atoms with Gasteiger partial charge in [0.05, 0.1) is 28.2 Å². The third-order valence-electron chi connectivity index (χ3n) is 5.08. The van der Waals surface area contributed by atoms with Crippen molar-refractivity contribution in [1.82, 2.24) is 10.2 Å². The Balaban J connectivity index is 1.53. The number of nitrogens with zero attached hydrogens (tertiary/aromatic N) is 1. The van der Waals surface area contributed by atoms with Crippen LogP contribution in [0.1, 0.15) is 16.7 Å². The van der Waals surface area contributed by atoms with Gasteiger partial charge in [0.1, 0.15) is 12.3 Å². The van der Waals surface area contributed by atoms with E-state index in [-0.39, 0.29) is 18.8 Å². The van der Waals surface area contributed by atoms with E-state index in [1.807, 2.05) is 36.4 Å². The molecule has 3 aromatic rings. The Labute approximate surface area is 215 Å². The molecule has 0 unspecified atom stereocenters. The third kappa shape index (κ3) is 5.38. The first kappa shape index (κ1) is 24.1. The molecule has 1 N–H and O–H groups in total. The zero-order valence-corrected chi connectivity index (χ0v) is 21.1. The van der Waals surface area contributed by atoms with E-state index >= 15 is 0 Å². The monoisotopic (exact) mass is 560 g/mol. The van der Waals surface area contributed by atoms with Crippen LogP contribution < -0.4 is 14.8 Å². The van der Waals surface area contributed by atoms with Gasteiger partial charge in [-0.1, -0.05) is 59.6 Å². The normalized spacial score (nSPS) is 14.5. The Morgan fingerprint density at radius 2 is 1.76 bits per heavy atom. The molecule has 1 aliphatic rings. The quantitative estimate of drug-likeness (QED) is 0.266. The van der Waals surface area contributed by atoms with Crippen LogP contribution in [0.25, 0.3) is 6.08 Å². The van der Waals surface area contributed by atoms with Gasteiger partial charge in [-0.3, -0.25) is 9.69 Å². The number of ether oxygens (including phenoxy) is 2. The summed E-state index contributed by atoms with van der Waals surface area (Å²) in [6.07, 6.45) is 1.60. The summed E-state index contributed by atoms with van der Waals surface area (Å²) in [6, 6.07) is 17.6. The van der Waals surface area contributed by atoms with Crippen LogP contribution in [0.2, 0.25) is 10.0 Å². The van der Waals surface area contributed by atoms with E-state index in [1.54, 1.807) is 30.3 Å². The summed E-state index contributed by atoms with van der Waals surface area (Å²) in [6.45, 7) is 0.437. The zero-order valence-electron chi connectivity index (χ0n) is 18.0. The number of carbonyl (C=O) groups is 2. The molecule has 174 valence electrons. The second-order valence-corrected chi connectivity index (χ2v) is 9.11. The van der Waals surface area contributed by atoms with Crippen LogP contribution in [0.4, 0.5) is 4.79 Å². The fourth-order valence-corrected chi connectivity index (χ4v) is 4.29. The van der Waals surface area contributed by atoms with Gasteiger partial charge < -0.3 is 14.8 Å². The lowest BCUT2D eigenvalue weighted by molar-refractivity contribution is -0.123. The predicted octanol–water partition coefficient (Wildman–Crippen LogP) is 6.44. The van der Waals surface area contributed by atoms with Gasteiger partial charge in [0, 0.05) is 0 Å². The van der Waals surface area contributed by atoms with Crippen molar-refractivity contribution in [2.24, 2.45) is 0 Å². The first-order valence-corrected chi connectivity index (χ1v) is 11.7. The second-order valence-electron chi connectivity index (χ2n) is 7.44. The van der Waals surface area contributed by atoms with Gasteiger partial charge in [-0.15, -0.1) is 0 Å². The van der Waals surface area contributed by atoms with Crippen molar-refractivity contribution < 1.29 is 19.1 Å². The summed E-state index contributed by atoms with van der Waals surface area (Å²) in [4.78, 5) is 26.4. The first-order valence-electron chi connectivity index (χ1n) is 10.2. The first-order chi connectivity index (χ1) is 16.4. The van der Waals surface area contributed by atoms with E-state index < -0.39 is 11.9 Å². The number of hydrogen-bond donors (Lipinski definition) is 1. The molecule has 9 heteroatoms. The van der Waals surface area contributed by atoms with Crippen molar-refractivity contribution in [2.45, 2.75) is 13.2 Å². The summed E-state index contributed by atoms with van der Waals surface area (Å²) >= 11 is 15.6. The minimum Gasteiger partial charge on any atom is -0.493 e. The van der Waals surface area contributed by atoms with Crippen molar-refractivity contribution in [3.8, 4) is 11.5 Å². The lowest BCUT2D eigenvalue weighted by Gasteiger charge is -2.14. The topological polar surface area (TPSA) is 67.9 Å². The van der Waals surface area contributed by atoms with E-state index in [2.05, 4.69) is 21.2 Å². The Morgan fingerprint density at radius 3 is 2.47 bits per heavy atom. The minimum atomic E-state index is -0.465. The lowest BCUT2D eigenvalue weighted by atomic mass is 10.1. The molecule has 6 nitrogen and oxygen atoms in total. The van der Waals surface area contributed by atoms with Crippen molar-refractivity contribution in [2.75, 3.05) is 7.11 Å². The Hall–Kier alpha value is -3.00. The van der Waals surface area contributed by atoms with Crippen LogP contribution in [0.3, 0.4) is 0 Å². The number of methoxy groups -OCH3 is 1. The van der Waals surface area contributed by atoms with Crippen molar-refractivity contribution in [1.29, 1.82) is 0 Å². The number of carbonyl (C=O) groups excluding carboxylic acids is 2. The molecule has 1 fully saturated rings. The number of hydrogen-bond acceptors (Lipinski definition) is 4. The van der Waals surface area contributed by atoms with Gasteiger partial charge in [-0.05, 0) is 63.0 Å². The molecular weight excluding hydrogens is 543 g/mol. The average molecular weight is 562 g/mol. The van der Waals surface area contributed by atoms with Gasteiger partial charge in [0.15, 0.2) is 11.5 Å². The van der Waals surface area contributed by atoms with E-state index in [9.17, 15) is 9.59 Å². The molecule has 1 saturated heterocycles. The highest BCUT2D eigenvalue weighted by molar-refractivity contribution is 9.10. The van der Waals surface area contributed by atoms with Crippen LogP contribution in [0.15, 0.2) is 70.8 Å². The largest absolute Gasteiger partial charge is 0.493 e. The van der Waals surface area contributed by atoms with Crippen LogP contribution in [-0.4, -0.2) is 23.9 Å². The molecule has 1 aliphatic heterocycles. The Bertz CT molecular complexity index is 1280. The van der Waals surface area contributed by atoms with Crippen molar-refractivity contribution in [3.05, 3.63) is 97.6 Å². The number of amides is 3. The molecule has 4 rings (SSSR count). The predicted molar refractivity (Wildman–Crippen MR) is 135 cm³/mol. The number of imide groups is 1. The van der Waals surface area contributed by atoms with Gasteiger partial charge in [-0.25, -0.2) is 4.79 Å². The fraction of sp³-hybridized carbons (Fsp3) is 0.120. The summed E-state index contributed by atoms with van der Waals surface area (Å²) in [5.41, 5.74) is 2.53. The molecule has 0 atom stereocenters. The number of rotatable bonds is 7.